The first-order chi connectivity index (χ1) is 11.6. The molecular formula is C19H16FN3O. The van der Waals surface area contributed by atoms with Crippen LogP contribution in [0, 0.1) is 12.7 Å². The summed E-state index contributed by atoms with van der Waals surface area (Å²) in [5.41, 5.74) is 3.98. The number of carbonyl (C=O) groups excluding carboxylic acids is 1. The molecule has 0 bridgehead atoms. The molecule has 1 aliphatic rings. The lowest BCUT2D eigenvalue weighted by atomic mass is 10.1. The van der Waals surface area contributed by atoms with Gasteiger partial charge in [-0.3, -0.25) is 4.79 Å². The van der Waals surface area contributed by atoms with Crippen molar-refractivity contribution in [1.82, 2.24) is 9.78 Å². The number of aromatic nitrogens is 2. The highest BCUT2D eigenvalue weighted by Gasteiger charge is 2.26. The molecule has 1 amide bonds. The van der Waals surface area contributed by atoms with Gasteiger partial charge in [0.05, 0.1) is 0 Å². The fourth-order valence-electron chi connectivity index (χ4n) is 3.21. The van der Waals surface area contributed by atoms with Crippen LogP contribution in [0.25, 0.3) is 5.69 Å². The summed E-state index contributed by atoms with van der Waals surface area (Å²) < 4.78 is 15.8. The molecule has 0 atom stereocenters. The Morgan fingerprint density at radius 1 is 1.17 bits per heavy atom. The Bertz CT molecular complexity index is 918. The lowest BCUT2D eigenvalue weighted by Crippen LogP contribution is -2.29. The predicted molar refractivity (Wildman–Crippen MR) is 90.1 cm³/mol. The van der Waals surface area contributed by atoms with Gasteiger partial charge in [0.15, 0.2) is 0 Å². The van der Waals surface area contributed by atoms with Crippen LogP contribution in [-0.2, 0) is 6.42 Å². The molecule has 0 saturated heterocycles. The van der Waals surface area contributed by atoms with E-state index in [0.717, 1.165) is 12.1 Å². The molecule has 4 nitrogen and oxygen atoms in total. The highest BCUT2D eigenvalue weighted by Crippen LogP contribution is 2.31. The van der Waals surface area contributed by atoms with Crippen molar-refractivity contribution in [1.29, 1.82) is 0 Å². The maximum absolute atomic E-state index is 14.4. The van der Waals surface area contributed by atoms with Crippen molar-refractivity contribution in [2.45, 2.75) is 13.3 Å². The molecule has 0 spiro atoms. The van der Waals surface area contributed by atoms with E-state index in [1.807, 2.05) is 25.1 Å². The van der Waals surface area contributed by atoms with E-state index in [1.165, 1.54) is 21.9 Å². The topological polar surface area (TPSA) is 38.1 Å². The average Bonchev–Trinajstić information content (AvgIpc) is 3.24. The molecule has 120 valence electrons. The lowest BCUT2D eigenvalue weighted by molar-refractivity contribution is 0.0989. The van der Waals surface area contributed by atoms with Gasteiger partial charge in [-0.05, 0) is 54.8 Å². The maximum Gasteiger partial charge on any atom is 0.258 e. The quantitative estimate of drug-likeness (QED) is 0.724. The van der Waals surface area contributed by atoms with Crippen molar-refractivity contribution < 1.29 is 9.18 Å². The minimum absolute atomic E-state index is 0.176. The van der Waals surface area contributed by atoms with Crippen LogP contribution in [0.2, 0.25) is 0 Å². The minimum atomic E-state index is -0.465. The number of hydrogen-bond acceptors (Lipinski definition) is 2. The highest BCUT2D eigenvalue weighted by molar-refractivity contribution is 6.07. The minimum Gasteiger partial charge on any atom is -0.308 e. The van der Waals surface area contributed by atoms with E-state index < -0.39 is 5.82 Å². The molecule has 2 aromatic carbocycles. The summed E-state index contributed by atoms with van der Waals surface area (Å²) in [4.78, 5) is 14.5. The molecule has 0 unspecified atom stereocenters. The number of amides is 1. The Labute approximate surface area is 139 Å². The van der Waals surface area contributed by atoms with Crippen LogP contribution in [0.3, 0.4) is 0 Å². The Hall–Kier alpha value is -2.95. The summed E-state index contributed by atoms with van der Waals surface area (Å²) in [6.07, 6.45) is 4.09. The molecule has 0 aliphatic carbocycles. The summed E-state index contributed by atoms with van der Waals surface area (Å²) in [6, 6.07) is 12.2. The molecule has 24 heavy (non-hydrogen) atoms. The highest BCUT2D eigenvalue weighted by atomic mass is 19.1. The van der Waals surface area contributed by atoms with Gasteiger partial charge in [-0.2, -0.15) is 5.10 Å². The SMILES string of the molecule is Cc1cccc2c1CCN2C(=O)c1ccc(-n2cccn2)c(F)c1. The summed E-state index contributed by atoms with van der Waals surface area (Å²) in [7, 11) is 0. The van der Waals surface area contributed by atoms with E-state index in [0.29, 0.717) is 17.8 Å². The Kier molecular flexibility index (Phi) is 3.41. The number of hydrogen-bond donors (Lipinski definition) is 0. The molecule has 1 aromatic heterocycles. The molecule has 0 radical (unpaired) electrons. The number of anilines is 1. The van der Waals surface area contributed by atoms with E-state index in [4.69, 9.17) is 0 Å². The average molecular weight is 321 g/mol. The largest absolute Gasteiger partial charge is 0.308 e. The van der Waals surface area contributed by atoms with Gasteiger partial charge in [0.2, 0.25) is 0 Å². The van der Waals surface area contributed by atoms with E-state index in [2.05, 4.69) is 5.10 Å². The smallest absolute Gasteiger partial charge is 0.258 e. The Morgan fingerprint density at radius 2 is 2.04 bits per heavy atom. The Morgan fingerprint density at radius 3 is 2.79 bits per heavy atom. The van der Waals surface area contributed by atoms with Crippen LogP contribution in [-0.4, -0.2) is 22.2 Å². The van der Waals surface area contributed by atoms with Gasteiger partial charge >= 0.3 is 0 Å². The molecule has 0 saturated carbocycles. The molecule has 2 heterocycles. The molecule has 4 rings (SSSR count). The van der Waals surface area contributed by atoms with E-state index in [1.54, 1.807) is 35.5 Å². The molecule has 5 heteroatoms. The van der Waals surface area contributed by atoms with Crippen LogP contribution in [0.5, 0.6) is 0 Å². The number of nitrogens with zero attached hydrogens (tertiary/aromatic N) is 3. The standard InChI is InChI=1S/C19H16FN3O/c1-13-4-2-5-17-15(13)8-11-22(17)19(24)14-6-7-18(16(20)12-14)23-10-3-9-21-23/h2-7,9-10,12H,8,11H2,1H3. The van der Waals surface area contributed by atoms with Crippen molar-refractivity contribution in [3.8, 4) is 5.69 Å². The zero-order valence-corrected chi connectivity index (χ0v) is 13.2. The fraction of sp³-hybridized carbons (Fsp3) is 0.158. The monoisotopic (exact) mass is 321 g/mol. The van der Waals surface area contributed by atoms with Gasteiger partial charge in [-0.25, -0.2) is 9.07 Å². The second-order valence-corrected chi connectivity index (χ2v) is 5.90. The molecule has 1 aliphatic heterocycles. The molecular weight excluding hydrogens is 305 g/mol. The fourth-order valence-corrected chi connectivity index (χ4v) is 3.21. The molecule has 3 aromatic rings. The number of aryl methyl sites for hydroxylation is 1. The van der Waals surface area contributed by atoms with Crippen molar-refractivity contribution >= 4 is 11.6 Å². The zero-order chi connectivity index (χ0) is 16.7. The zero-order valence-electron chi connectivity index (χ0n) is 13.2. The number of carbonyl (C=O) groups is 1. The Balaban J connectivity index is 1.67. The van der Waals surface area contributed by atoms with E-state index in [-0.39, 0.29) is 5.91 Å². The maximum atomic E-state index is 14.4. The van der Waals surface area contributed by atoms with E-state index in [9.17, 15) is 9.18 Å². The number of halogens is 1. The van der Waals surface area contributed by atoms with Crippen molar-refractivity contribution in [2.75, 3.05) is 11.4 Å². The first-order valence-corrected chi connectivity index (χ1v) is 7.85. The summed E-state index contributed by atoms with van der Waals surface area (Å²) in [5.74, 6) is -0.640. The number of benzene rings is 2. The lowest BCUT2D eigenvalue weighted by Gasteiger charge is -2.18. The number of fused-ring (bicyclic) bond motifs is 1. The van der Waals surface area contributed by atoms with Gasteiger partial charge in [0.25, 0.3) is 5.91 Å². The van der Waals surface area contributed by atoms with Gasteiger partial charge < -0.3 is 4.90 Å². The normalized spacial score (nSPS) is 13.2. The van der Waals surface area contributed by atoms with Gasteiger partial charge in [-0.15, -0.1) is 0 Å². The third-order valence-electron chi connectivity index (χ3n) is 4.45. The van der Waals surface area contributed by atoms with Crippen LogP contribution in [0.4, 0.5) is 10.1 Å². The predicted octanol–water partition coefficient (Wildman–Crippen LogP) is 3.52. The van der Waals surface area contributed by atoms with Gasteiger partial charge in [0.1, 0.15) is 11.5 Å². The van der Waals surface area contributed by atoms with Crippen molar-refractivity contribution in [3.63, 3.8) is 0 Å². The van der Waals surface area contributed by atoms with Crippen LogP contribution in [0.15, 0.2) is 54.9 Å². The van der Waals surface area contributed by atoms with Crippen LogP contribution in [0.1, 0.15) is 21.5 Å². The van der Waals surface area contributed by atoms with Gasteiger partial charge in [0, 0.05) is 30.2 Å². The summed E-state index contributed by atoms with van der Waals surface area (Å²) in [5, 5.41) is 4.02. The number of rotatable bonds is 2. The third-order valence-corrected chi connectivity index (χ3v) is 4.45. The van der Waals surface area contributed by atoms with Crippen molar-refractivity contribution in [3.05, 3.63) is 77.4 Å². The third kappa shape index (κ3) is 2.29. The van der Waals surface area contributed by atoms with E-state index >= 15 is 0 Å². The summed E-state index contributed by atoms with van der Waals surface area (Å²) >= 11 is 0. The molecule has 0 N–H and O–H groups in total. The summed E-state index contributed by atoms with van der Waals surface area (Å²) in [6.45, 7) is 2.67. The molecule has 0 fully saturated rings. The van der Waals surface area contributed by atoms with Crippen LogP contribution < -0.4 is 4.90 Å². The van der Waals surface area contributed by atoms with Crippen molar-refractivity contribution in [2.24, 2.45) is 0 Å². The first kappa shape index (κ1) is 14.6. The van der Waals surface area contributed by atoms with Gasteiger partial charge in [-0.1, -0.05) is 12.1 Å². The van der Waals surface area contributed by atoms with Crippen LogP contribution >= 0.6 is 0 Å². The first-order valence-electron chi connectivity index (χ1n) is 7.85. The second kappa shape index (κ2) is 5.60. The second-order valence-electron chi connectivity index (χ2n) is 5.90.